The number of aliphatic carboxylic acids is 1. The van der Waals surface area contributed by atoms with Gasteiger partial charge in [-0.2, -0.15) is 0 Å². The van der Waals surface area contributed by atoms with Crippen LogP contribution >= 0.6 is 0 Å². The fourth-order valence-corrected chi connectivity index (χ4v) is 4.54. The largest absolute Gasteiger partial charge is 0.481 e. The number of sulfonamides is 1. The van der Waals surface area contributed by atoms with E-state index in [9.17, 15) is 18.0 Å². The van der Waals surface area contributed by atoms with Crippen molar-refractivity contribution in [2.75, 3.05) is 6.54 Å². The molecule has 0 saturated heterocycles. The van der Waals surface area contributed by atoms with E-state index in [1.807, 2.05) is 0 Å². The zero-order valence-electron chi connectivity index (χ0n) is 15.4. The van der Waals surface area contributed by atoms with Gasteiger partial charge in [0.15, 0.2) is 0 Å². The Morgan fingerprint density at radius 2 is 1.78 bits per heavy atom. The monoisotopic (exact) mass is 396 g/mol. The maximum Gasteiger partial charge on any atom is 0.303 e. The average molecular weight is 397 g/mol. The number of benzene rings is 1. The Balaban J connectivity index is 1.81. The summed E-state index contributed by atoms with van der Waals surface area (Å²) in [5.41, 5.74) is 0.315. The summed E-state index contributed by atoms with van der Waals surface area (Å²) < 4.78 is 27.7. The van der Waals surface area contributed by atoms with Gasteiger partial charge in [0.1, 0.15) is 0 Å². The third-order valence-electron chi connectivity index (χ3n) is 4.69. The van der Waals surface area contributed by atoms with E-state index in [0.29, 0.717) is 18.5 Å². The molecule has 0 spiro atoms. The number of hydrogen-bond donors (Lipinski definition) is 3. The summed E-state index contributed by atoms with van der Waals surface area (Å²) in [6, 6.07) is 6.05. The van der Waals surface area contributed by atoms with Crippen LogP contribution in [0.4, 0.5) is 0 Å². The third kappa shape index (κ3) is 7.30. The van der Waals surface area contributed by atoms with E-state index in [2.05, 4.69) is 10.0 Å². The van der Waals surface area contributed by atoms with Gasteiger partial charge in [-0.05, 0) is 43.9 Å². The molecule has 2 rings (SSSR count). The molecule has 0 heterocycles. The van der Waals surface area contributed by atoms with Crippen LogP contribution in [0.3, 0.4) is 0 Å². The normalized spacial score (nSPS) is 15.0. The zero-order valence-corrected chi connectivity index (χ0v) is 16.3. The van der Waals surface area contributed by atoms with Gasteiger partial charge in [-0.3, -0.25) is 9.59 Å². The van der Waals surface area contributed by atoms with Crippen LogP contribution in [0.5, 0.6) is 0 Å². The van der Waals surface area contributed by atoms with Crippen molar-refractivity contribution in [1.29, 1.82) is 0 Å². The smallest absolute Gasteiger partial charge is 0.303 e. The Hall–Kier alpha value is -1.93. The second-order valence-electron chi connectivity index (χ2n) is 6.94. The lowest BCUT2D eigenvalue weighted by atomic mass is 10.1. The van der Waals surface area contributed by atoms with Crippen molar-refractivity contribution >= 4 is 21.9 Å². The van der Waals surface area contributed by atoms with Crippen LogP contribution in [0.15, 0.2) is 29.2 Å². The van der Waals surface area contributed by atoms with Crippen LogP contribution in [0.1, 0.15) is 68.1 Å². The molecule has 0 bridgehead atoms. The van der Waals surface area contributed by atoms with Gasteiger partial charge in [0.05, 0.1) is 4.90 Å². The maximum atomic E-state index is 12.5. The van der Waals surface area contributed by atoms with Gasteiger partial charge < -0.3 is 10.4 Å². The van der Waals surface area contributed by atoms with Crippen LogP contribution < -0.4 is 10.0 Å². The average Bonchev–Trinajstić information content (AvgIpc) is 3.13. The van der Waals surface area contributed by atoms with Crippen molar-refractivity contribution in [3.63, 3.8) is 0 Å². The van der Waals surface area contributed by atoms with Crippen LogP contribution in [0.2, 0.25) is 0 Å². The summed E-state index contributed by atoms with van der Waals surface area (Å²) in [5.74, 6) is -1.10. The number of hydrogen-bond acceptors (Lipinski definition) is 4. The topological polar surface area (TPSA) is 113 Å². The highest BCUT2D eigenvalue weighted by Gasteiger charge is 2.23. The highest BCUT2D eigenvalue weighted by molar-refractivity contribution is 7.89. The standard InChI is InChI=1S/C19H28N2O5S/c22-18(23)12-3-1-2-6-13-20-19(24)15-8-7-11-17(14-15)27(25,26)21-16-9-4-5-10-16/h7-8,11,14,16,21H,1-6,9-10,12-13H2,(H,20,24)(H,22,23). The molecule has 0 atom stereocenters. The molecule has 1 fully saturated rings. The van der Waals surface area contributed by atoms with Gasteiger partial charge in [-0.15, -0.1) is 0 Å². The molecule has 0 unspecified atom stereocenters. The first-order chi connectivity index (χ1) is 12.9. The van der Waals surface area contributed by atoms with E-state index in [-0.39, 0.29) is 23.3 Å². The summed E-state index contributed by atoms with van der Waals surface area (Å²) in [5, 5.41) is 11.3. The van der Waals surface area contributed by atoms with Crippen molar-refractivity contribution in [1.82, 2.24) is 10.0 Å². The summed E-state index contributed by atoms with van der Waals surface area (Å²) in [7, 11) is -3.62. The molecule has 1 aromatic rings. The molecule has 1 amide bonds. The molecule has 1 aromatic carbocycles. The lowest BCUT2D eigenvalue weighted by Crippen LogP contribution is -2.33. The van der Waals surface area contributed by atoms with E-state index < -0.39 is 16.0 Å². The van der Waals surface area contributed by atoms with Gasteiger partial charge in [-0.1, -0.05) is 31.7 Å². The Kier molecular flexibility index (Phi) is 8.24. The van der Waals surface area contributed by atoms with Crippen LogP contribution in [0.25, 0.3) is 0 Å². The Morgan fingerprint density at radius 3 is 2.48 bits per heavy atom. The fraction of sp³-hybridized carbons (Fsp3) is 0.579. The second-order valence-corrected chi connectivity index (χ2v) is 8.66. The third-order valence-corrected chi connectivity index (χ3v) is 6.20. The minimum absolute atomic E-state index is 0.0198. The molecule has 1 aliphatic carbocycles. The first kappa shape index (κ1) is 21.4. The van der Waals surface area contributed by atoms with Crippen LogP contribution in [-0.2, 0) is 14.8 Å². The predicted octanol–water partition coefficient (Wildman–Crippen LogP) is 2.67. The molecule has 0 aliphatic heterocycles. The zero-order chi connectivity index (χ0) is 19.7. The van der Waals surface area contributed by atoms with Gasteiger partial charge in [-0.25, -0.2) is 13.1 Å². The molecule has 1 aliphatic rings. The summed E-state index contributed by atoms with van der Waals surface area (Å²) in [4.78, 5) is 22.8. The SMILES string of the molecule is O=C(O)CCCCCCNC(=O)c1cccc(S(=O)(=O)NC2CCCC2)c1. The van der Waals surface area contributed by atoms with Gasteiger partial charge in [0.2, 0.25) is 10.0 Å². The van der Waals surface area contributed by atoms with E-state index in [1.54, 1.807) is 12.1 Å². The van der Waals surface area contributed by atoms with Crippen molar-refractivity contribution < 1.29 is 23.1 Å². The molecular formula is C19H28N2O5S. The minimum Gasteiger partial charge on any atom is -0.481 e. The predicted molar refractivity (Wildman–Crippen MR) is 102 cm³/mol. The molecule has 1 saturated carbocycles. The molecular weight excluding hydrogens is 368 g/mol. The first-order valence-corrected chi connectivity index (χ1v) is 11.0. The molecule has 0 aromatic heterocycles. The van der Waals surface area contributed by atoms with Crippen molar-refractivity contribution in [2.45, 2.75) is 68.7 Å². The first-order valence-electron chi connectivity index (χ1n) is 9.51. The van der Waals surface area contributed by atoms with Gasteiger partial charge in [0.25, 0.3) is 5.91 Å². The Bertz CT molecular complexity index is 742. The molecule has 3 N–H and O–H groups in total. The second kappa shape index (κ2) is 10.4. The number of carboxylic acid groups (broad SMARTS) is 1. The number of nitrogens with one attached hydrogen (secondary N) is 2. The Labute approximate surface area is 160 Å². The highest BCUT2D eigenvalue weighted by atomic mass is 32.2. The quantitative estimate of drug-likeness (QED) is 0.498. The van der Waals surface area contributed by atoms with Crippen molar-refractivity contribution in [2.24, 2.45) is 0 Å². The van der Waals surface area contributed by atoms with E-state index in [4.69, 9.17) is 5.11 Å². The Morgan fingerprint density at radius 1 is 1.07 bits per heavy atom. The summed E-state index contributed by atoms with van der Waals surface area (Å²) >= 11 is 0. The molecule has 27 heavy (non-hydrogen) atoms. The van der Waals surface area contributed by atoms with E-state index in [1.165, 1.54) is 12.1 Å². The minimum atomic E-state index is -3.62. The lowest BCUT2D eigenvalue weighted by Gasteiger charge is -2.13. The van der Waals surface area contributed by atoms with Gasteiger partial charge in [0, 0.05) is 24.6 Å². The van der Waals surface area contributed by atoms with Gasteiger partial charge >= 0.3 is 5.97 Å². The molecule has 150 valence electrons. The van der Waals surface area contributed by atoms with Crippen LogP contribution in [0, 0.1) is 0 Å². The molecule has 7 nitrogen and oxygen atoms in total. The van der Waals surface area contributed by atoms with E-state index in [0.717, 1.165) is 44.9 Å². The number of amides is 1. The number of rotatable bonds is 11. The van der Waals surface area contributed by atoms with Crippen molar-refractivity contribution in [3.05, 3.63) is 29.8 Å². The maximum absolute atomic E-state index is 12.5. The lowest BCUT2D eigenvalue weighted by molar-refractivity contribution is -0.137. The van der Waals surface area contributed by atoms with Crippen LogP contribution in [-0.4, -0.2) is 38.0 Å². The summed E-state index contributed by atoms with van der Waals surface area (Å²) in [6.07, 6.45) is 6.98. The number of carbonyl (C=O) groups is 2. The molecule has 0 radical (unpaired) electrons. The fourth-order valence-electron chi connectivity index (χ4n) is 3.19. The summed E-state index contributed by atoms with van der Waals surface area (Å²) in [6.45, 7) is 0.475. The number of unbranched alkanes of at least 4 members (excludes halogenated alkanes) is 3. The molecule has 8 heteroatoms. The van der Waals surface area contributed by atoms with Crippen molar-refractivity contribution in [3.8, 4) is 0 Å². The van der Waals surface area contributed by atoms with E-state index >= 15 is 0 Å². The number of carbonyl (C=O) groups excluding carboxylic acids is 1. The number of carboxylic acids is 1. The highest BCUT2D eigenvalue weighted by Crippen LogP contribution is 2.20.